The fourth-order valence-electron chi connectivity index (χ4n) is 4.87. The van der Waals surface area contributed by atoms with Crippen LogP contribution in [0, 0.1) is 0 Å². The number of phenols is 1. The zero-order valence-corrected chi connectivity index (χ0v) is 21.3. The summed E-state index contributed by atoms with van der Waals surface area (Å²) < 4.78 is 19.6. The third-order valence-electron chi connectivity index (χ3n) is 6.60. The molecule has 186 valence electrons. The number of ether oxygens (including phenoxy) is 2. The Morgan fingerprint density at radius 3 is 2.66 bits per heavy atom. The smallest absolute Gasteiger partial charge is 0.344 e. The number of phenolic OH excluding ortho intramolecular Hbond substituents is 1. The van der Waals surface area contributed by atoms with E-state index in [1.165, 1.54) is 19.5 Å². The van der Waals surface area contributed by atoms with Crippen LogP contribution in [-0.4, -0.2) is 31.8 Å². The van der Waals surface area contributed by atoms with E-state index >= 15 is 0 Å². The van der Waals surface area contributed by atoms with E-state index in [2.05, 4.69) is 26.0 Å². The summed E-state index contributed by atoms with van der Waals surface area (Å²) in [4.78, 5) is 22.8. The molecule has 1 unspecified atom stereocenters. The van der Waals surface area contributed by atoms with Gasteiger partial charge in [-0.2, -0.15) is 0 Å². The Kier molecular flexibility index (Phi) is 4.98. The average molecular weight is 569 g/mol. The molecular weight excluding hydrogens is 552 g/mol. The largest absolute Gasteiger partial charge is 0.504 e. The van der Waals surface area contributed by atoms with Crippen molar-refractivity contribution in [2.24, 2.45) is 0 Å². The van der Waals surface area contributed by atoms with Crippen molar-refractivity contribution in [1.29, 1.82) is 0 Å². The molecule has 6 aromatic rings. The Morgan fingerprint density at radius 1 is 1.05 bits per heavy atom. The molecule has 3 aromatic heterocycles. The maximum atomic E-state index is 13.4. The number of para-hydroxylation sites is 1. The molecule has 0 radical (unpaired) electrons. The van der Waals surface area contributed by atoms with Gasteiger partial charge in [0.1, 0.15) is 11.9 Å². The summed E-state index contributed by atoms with van der Waals surface area (Å²) in [6.07, 6.45) is 1.52. The van der Waals surface area contributed by atoms with Crippen molar-refractivity contribution < 1.29 is 19.0 Å². The van der Waals surface area contributed by atoms with Gasteiger partial charge in [-0.25, -0.2) is 19.3 Å². The molecule has 4 heterocycles. The molecular formula is C28H17BrN4O5. The summed E-state index contributed by atoms with van der Waals surface area (Å²) in [6.45, 7) is 0. The van der Waals surface area contributed by atoms with E-state index in [1.54, 1.807) is 28.8 Å². The highest BCUT2D eigenvalue weighted by atomic mass is 79.9. The van der Waals surface area contributed by atoms with E-state index in [-0.39, 0.29) is 5.75 Å². The lowest BCUT2D eigenvalue weighted by Crippen LogP contribution is -2.22. The van der Waals surface area contributed by atoms with Crippen LogP contribution in [0.25, 0.3) is 28.0 Å². The lowest BCUT2D eigenvalue weighted by Gasteiger charge is -2.27. The standard InChI is InChI=1S/C28H17BrN4O5/c1-36-20-11-8-15(12-18(20)34)25-31-26-23-21(14-6-9-16(29)10-7-14)22-24(38-27(23)30-13-33(26)32-25)17-4-2-3-5-19(17)37-28(22)35/h2-13,21,34H,1H3. The number of nitrogens with zero attached hydrogens (tertiary/aromatic N) is 4. The van der Waals surface area contributed by atoms with Crippen molar-refractivity contribution in [3.63, 3.8) is 0 Å². The van der Waals surface area contributed by atoms with Gasteiger partial charge in [-0.15, -0.1) is 5.10 Å². The number of hydrogen-bond donors (Lipinski definition) is 1. The Morgan fingerprint density at radius 2 is 1.87 bits per heavy atom. The summed E-state index contributed by atoms with van der Waals surface area (Å²) in [5.41, 5.74) is 2.76. The van der Waals surface area contributed by atoms with Crippen molar-refractivity contribution in [3.8, 4) is 34.5 Å². The van der Waals surface area contributed by atoms with Crippen molar-refractivity contribution in [1.82, 2.24) is 19.6 Å². The highest BCUT2D eigenvalue weighted by Gasteiger charge is 2.37. The topological polar surface area (TPSA) is 112 Å². The van der Waals surface area contributed by atoms with Crippen molar-refractivity contribution >= 4 is 32.5 Å². The van der Waals surface area contributed by atoms with Crippen molar-refractivity contribution in [3.05, 3.63) is 105 Å². The third kappa shape index (κ3) is 3.37. The fourth-order valence-corrected chi connectivity index (χ4v) is 5.13. The molecule has 1 aliphatic heterocycles. The third-order valence-corrected chi connectivity index (χ3v) is 7.13. The molecule has 0 saturated carbocycles. The molecule has 3 aromatic carbocycles. The van der Waals surface area contributed by atoms with Gasteiger partial charge >= 0.3 is 5.63 Å². The molecule has 1 aliphatic rings. The van der Waals surface area contributed by atoms with E-state index < -0.39 is 11.5 Å². The number of methoxy groups -OCH3 is 1. The van der Waals surface area contributed by atoms with Crippen LogP contribution in [0.4, 0.5) is 0 Å². The van der Waals surface area contributed by atoms with Crippen LogP contribution in [0.3, 0.4) is 0 Å². The van der Waals surface area contributed by atoms with Crippen LogP contribution in [0.2, 0.25) is 0 Å². The minimum Gasteiger partial charge on any atom is -0.504 e. The zero-order valence-electron chi connectivity index (χ0n) is 19.8. The van der Waals surface area contributed by atoms with Gasteiger partial charge in [0.15, 0.2) is 28.7 Å². The summed E-state index contributed by atoms with van der Waals surface area (Å²) in [5.74, 6) is 0.831. The second kappa shape index (κ2) is 8.42. The number of benzene rings is 3. The number of aromatic nitrogens is 4. The lowest BCUT2D eigenvalue weighted by atomic mass is 9.84. The molecule has 1 atom stereocenters. The first-order valence-corrected chi connectivity index (χ1v) is 12.4. The van der Waals surface area contributed by atoms with Crippen LogP contribution >= 0.6 is 15.9 Å². The van der Waals surface area contributed by atoms with Gasteiger partial charge in [-0.1, -0.05) is 40.2 Å². The van der Waals surface area contributed by atoms with Crippen LogP contribution in [-0.2, 0) is 0 Å². The predicted octanol–water partition coefficient (Wildman–Crippen LogP) is 5.66. The van der Waals surface area contributed by atoms with E-state index in [9.17, 15) is 9.90 Å². The van der Waals surface area contributed by atoms with E-state index in [0.717, 1.165) is 10.0 Å². The van der Waals surface area contributed by atoms with Gasteiger partial charge in [0.2, 0.25) is 5.88 Å². The first kappa shape index (κ1) is 22.5. The van der Waals surface area contributed by atoms with Gasteiger partial charge in [-0.05, 0) is 48.0 Å². The predicted molar refractivity (Wildman–Crippen MR) is 142 cm³/mol. The van der Waals surface area contributed by atoms with Crippen molar-refractivity contribution in [2.45, 2.75) is 5.92 Å². The quantitative estimate of drug-likeness (QED) is 0.272. The summed E-state index contributed by atoms with van der Waals surface area (Å²) in [5, 5.41) is 15.5. The zero-order chi connectivity index (χ0) is 26.0. The summed E-state index contributed by atoms with van der Waals surface area (Å²) in [6, 6.07) is 19.9. The number of aromatic hydroxyl groups is 1. The molecule has 1 N–H and O–H groups in total. The highest BCUT2D eigenvalue weighted by Crippen LogP contribution is 2.49. The Bertz CT molecular complexity index is 1950. The van der Waals surface area contributed by atoms with Gasteiger partial charge in [0.25, 0.3) is 0 Å². The molecule has 9 nitrogen and oxygen atoms in total. The average Bonchev–Trinajstić information content (AvgIpc) is 3.37. The number of fused-ring (bicyclic) bond motifs is 6. The number of rotatable bonds is 3. The summed E-state index contributed by atoms with van der Waals surface area (Å²) >= 11 is 3.49. The van der Waals surface area contributed by atoms with Crippen molar-refractivity contribution in [2.75, 3.05) is 7.11 Å². The Balaban J connectivity index is 1.51. The van der Waals surface area contributed by atoms with Gasteiger partial charge in [-0.3, -0.25) is 0 Å². The monoisotopic (exact) mass is 568 g/mol. The van der Waals surface area contributed by atoms with Crippen LogP contribution < -0.4 is 15.1 Å². The minimum atomic E-state index is -0.583. The molecule has 0 fully saturated rings. The number of halogens is 1. The molecule has 38 heavy (non-hydrogen) atoms. The summed E-state index contributed by atoms with van der Waals surface area (Å²) in [7, 11) is 1.48. The van der Waals surface area contributed by atoms with Gasteiger partial charge < -0.3 is 19.0 Å². The fraction of sp³-hybridized carbons (Fsp3) is 0.0714. The molecule has 0 aliphatic carbocycles. The second-order valence-electron chi connectivity index (χ2n) is 8.77. The first-order valence-electron chi connectivity index (χ1n) is 11.6. The molecule has 0 bridgehead atoms. The van der Waals surface area contributed by atoms with Crippen LogP contribution in [0.1, 0.15) is 22.6 Å². The van der Waals surface area contributed by atoms with E-state index in [1.807, 2.05) is 36.4 Å². The van der Waals surface area contributed by atoms with Gasteiger partial charge in [0, 0.05) is 10.0 Å². The second-order valence-corrected chi connectivity index (χ2v) is 9.68. The minimum absolute atomic E-state index is 0.0292. The van der Waals surface area contributed by atoms with Crippen LogP contribution in [0.5, 0.6) is 23.1 Å². The number of hydrogen-bond acceptors (Lipinski definition) is 8. The molecule has 0 spiro atoms. The van der Waals surface area contributed by atoms with Crippen LogP contribution in [0.15, 0.2) is 86.7 Å². The van der Waals surface area contributed by atoms with E-state index in [0.29, 0.717) is 56.5 Å². The molecule has 7 rings (SSSR count). The maximum Gasteiger partial charge on any atom is 0.344 e. The Hall–Kier alpha value is -4.70. The highest BCUT2D eigenvalue weighted by molar-refractivity contribution is 9.10. The lowest BCUT2D eigenvalue weighted by molar-refractivity contribution is 0.373. The van der Waals surface area contributed by atoms with E-state index in [4.69, 9.17) is 18.9 Å². The molecule has 10 heteroatoms. The van der Waals surface area contributed by atoms with Gasteiger partial charge in [0.05, 0.1) is 29.5 Å². The normalized spacial score (nSPS) is 14.2. The Labute approximate surface area is 223 Å². The first-order chi connectivity index (χ1) is 18.5. The SMILES string of the molecule is COc1ccc(-c2nc3c4c(ncn3n2)Oc2c(c(=O)oc3ccccc23)C4c2ccc(Br)cc2)cc1O. The maximum absolute atomic E-state index is 13.4. The molecule has 0 amide bonds. The molecule has 0 saturated heterocycles.